The van der Waals surface area contributed by atoms with E-state index in [2.05, 4.69) is 20.9 Å². The first kappa shape index (κ1) is 13.4. The lowest BCUT2D eigenvalue weighted by Gasteiger charge is -2.14. The highest BCUT2D eigenvalue weighted by atomic mass is 79.9. The summed E-state index contributed by atoms with van der Waals surface area (Å²) in [7, 11) is -2.92. The number of sulfone groups is 1. The number of hydrogen-bond acceptors (Lipinski definition) is 3. The van der Waals surface area contributed by atoms with Gasteiger partial charge in [-0.3, -0.25) is 0 Å². The van der Waals surface area contributed by atoms with E-state index < -0.39 is 9.84 Å². The molecule has 4 nitrogen and oxygen atoms in total. The Labute approximate surface area is 124 Å². The average molecular weight is 364 g/mol. The molecule has 1 aliphatic rings. The summed E-state index contributed by atoms with van der Waals surface area (Å²) >= 11 is 9.36. The average Bonchev–Trinajstić information content (AvgIpc) is 2.88. The first-order chi connectivity index (χ1) is 9.00. The van der Waals surface area contributed by atoms with Crippen LogP contribution in [0.5, 0.6) is 0 Å². The summed E-state index contributed by atoms with van der Waals surface area (Å²) in [5.41, 5.74) is 1.79. The van der Waals surface area contributed by atoms with Gasteiger partial charge in [0.2, 0.25) is 0 Å². The van der Waals surface area contributed by atoms with E-state index in [-0.39, 0.29) is 23.4 Å². The number of alkyl halides is 1. The van der Waals surface area contributed by atoms with Crippen molar-refractivity contribution in [3.63, 3.8) is 0 Å². The van der Waals surface area contributed by atoms with Gasteiger partial charge >= 0.3 is 0 Å². The van der Waals surface area contributed by atoms with Gasteiger partial charge in [0.05, 0.1) is 34.5 Å². The molecule has 1 atom stereocenters. The van der Waals surface area contributed by atoms with E-state index in [4.69, 9.17) is 11.6 Å². The highest BCUT2D eigenvalue weighted by Crippen LogP contribution is 2.31. The van der Waals surface area contributed by atoms with Crippen molar-refractivity contribution in [2.24, 2.45) is 0 Å². The Morgan fingerprint density at radius 3 is 2.89 bits per heavy atom. The van der Waals surface area contributed by atoms with Gasteiger partial charge in [-0.15, -0.1) is 11.6 Å². The second-order valence-corrected chi connectivity index (χ2v) is 8.13. The predicted molar refractivity (Wildman–Crippen MR) is 79.3 cm³/mol. The van der Waals surface area contributed by atoms with Crippen molar-refractivity contribution in [1.82, 2.24) is 9.55 Å². The molecular weight excluding hydrogens is 352 g/mol. The van der Waals surface area contributed by atoms with Crippen LogP contribution in [0.15, 0.2) is 22.7 Å². The van der Waals surface area contributed by atoms with Gasteiger partial charge in [-0.25, -0.2) is 13.4 Å². The molecule has 0 bridgehead atoms. The summed E-state index contributed by atoms with van der Waals surface area (Å²) in [6.07, 6.45) is 0.633. The summed E-state index contributed by atoms with van der Waals surface area (Å²) in [6.45, 7) is 0. The van der Waals surface area contributed by atoms with Crippen molar-refractivity contribution in [3.05, 3.63) is 28.5 Å². The van der Waals surface area contributed by atoms with E-state index in [0.717, 1.165) is 21.3 Å². The quantitative estimate of drug-likeness (QED) is 0.771. The Morgan fingerprint density at radius 1 is 1.47 bits per heavy atom. The summed E-state index contributed by atoms with van der Waals surface area (Å²) in [6, 6.07) is 5.76. The summed E-state index contributed by atoms with van der Waals surface area (Å²) < 4.78 is 26.2. The maximum absolute atomic E-state index is 11.7. The molecule has 1 aromatic carbocycles. The highest BCUT2D eigenvalue weighted by molar-refractivity contribution is 9.10. The minimum absolute atomic E-state index is 0.0510. The van der Waals surface area contributed by atoms with E-state index >= 15 is 0 Å². The van der Waals surface area contributed by atoms with Crippen LogP contribution in [0.25, 0.3) is 11.0 Å². The zero-order valence-electron chi connectivity index (χ0n) is 10.0. The second kappa shape index (κ2) is 4.75. The van der Waals surface area contributed by atoms with Gasteiger partial charge in [-0.2, -0.15) is 0 Å². The van der Waals surface area contributed by atoms with Gasteiger partial charge in [0.25, 0.3) is 0 Å². The molecule has 2 aromatic rings. The van der Waals surface area contributed by atoms with Crippen LogP contribution in [0.4, 0.5) is 0 Å². The smallest absolute Gasteiger partial charge is 0.152 e. The maximum atomic E-state index is 11.7. The molecule has 19 heavy (non-hydrogen) atoms. The summed E-state index contributed by atoms with van der Waals surface area (Å²) in [5.74, 6) is 1.44. The molecule has 0 amide bonds. The lowest BCUT2D eigenvalue weighted by molar-refractivity contribution is 0.554. The zero-order chi connectivity index (χ0) is 13.6. The van der Waals surface area contributed by atoms with Crippen LogP contribution in [0.1, 0.15) is 18.3 Å². The van der Waals surface area contributed by atoms with Crippen LogP contribution < -0.4 is 0 Å². The van der Waals surface area contributed by atoms with Crippen LogP contribution in [-0.4, -0.2) is 29.5 Å². The number of hydrogen-bond donors (Lipinski definition) is 0. The third-order valence-electron chi connectivity index (χ3n) is 3.42. The third kappa shape index (κ3) is 2.41. The summed E-state index contributed by atoms with van der Waals surface area (Å²) in [5, 5.41) is 0. The van der Waals surface area contributed by atoms with Crippen LogP contribution in [-0.2, 0) is 15.7 Å². The van der Waals surface area contributed by atoms with Gasteiger partial charge in [0.1, 0.15) is 5.82 Å². The Morgan fingerprint density at radius 2 is 2.26 bits per heavy atom. The molecule has 0 radical (unpaired) electrons. The van der Waals surface area contributed by atoms with Crippen molar-refractivity contribution in [2.45, 2.75) is 18.3 Å². The molecule has 1 aromatic heterocycles. The number of aromatic nitrogens is 2. The fourth-order valence-electron chi connectivity index (χ4n) is 2.60. The zero-order valence-corrected chi connectivity index (χ0v) is 13.2. The number of benzene rings is 1. The molecule has 102 valence electrons. The monoisotopic (exact) mass is 362 g/mol. The van der Waals surface area contributed by atoms with Crippen molar-refractivity contribution in [2.75, 3.05) is 11.5 Å². The number of nitrogens with zero attached hydrogens (tertiary/aromatic N) is 2. The molecule has 1 unspecified atom stereocenters. The second-order valence-electron chi connectivity index (χ2n) is 4.72. The van der Waals surface area contributed by atoms with Crippen LogP contribution in [0.2, 0.25) is 0 Å². The normalized spacial score (nSPS) is 22.1. The third-order valence-corrected chi connectivity index (χ3v) is 5.90. The SMILES string of the molecule is O=S1(=O)CCC(n2c(CCl)nc3cc(Br)ccc32)C1. The molecular formula is C12H12BrClN2O2S. The van der Waals surface area contributed by atoms with E-state index in [9.17, 15) is 8.42 Å². The van der Waals surface area contributed by atoms with Crippen molar-refractivity contribution >= 4 is 48.4 Å². The fraction of sp³-hybridized carbons (Fsp3) is 0.417. The lowest BCUT2D eigenvalue weighted by Crippen LogP contribution is -2.13. The van der Waals surface area contributed by atoms with Crippen molar-refractivity contribution < 1.29 is 8.42 Å². The van der Waals surface area contributed by atoms with Gasteiger partial charge in [0, 0.05) is 4.47 Å². The lowest BCUT2D eigenvalue weighted by atomic mass is 10.2. The number of rotatable bonds is 2. The minimum Gasteiger partial charge on any atom is -0.323 e. The minimum atomic E-state index is -2.92. The standard InChI is InChI=1S/C12H12BrClN2O2S/c13-8-1-2-11-10(5-8)15-12(6-14)16(11)9-3-4-19(17,18)7-9/h1-2,5,9H,3-4,6-7H2. The summed E-state index contributed by atoms with van der Waals surface area (Å²) in [4.78, 5) is 4.49. The molecule has 3 rings (SSSR count). The van der Waals surface area contributed by atoms with E-state index in [1.807, 2.05) is 22.8 Å². The molecule has 0 aliphatic carbocycles. The van der Waals surface area contributed by atoms with Crippen LogP contribution >= 0.6 is 27.5 Å². The predicted octanol–water partition coefficient (Wildman–Crippen LogP) is 2.90. The first-order valence-corrected chi connectivity index (χ1v) is 9.08. The topological polar surface area (TPSA) is 52.0 Å². The highest BCUT2D eigenvalue weighted by Gasteiger charge is 2.31. The van der Waals surface area contributed by atoms with E-state index in [1.165, 1.54) is 0 Å². The van der Waals surface area contributed by atoms with E-state index in [0.29, 0.717) is 6.42 Å². The number of imidazole rings is 1. The Hall–Kier alpha value is -0.590. The molecule has 1 aliphatic heterocycles. The molecule has 1 fully saturated rings. The van der Waals surface area contributed by atoms with Gasteiger partial charge in [0.15, 0.2) is 9.84 Å². The fourth-order valence-corrected chi connectivity index (χ4v) is 4.84. The number of fused-ring (bicyclic) bond motifs is 1. The van der Waals surface area contributed by atoms with Gasteiger partial charge in [-0.05, 0) is 24.6 Å². The molecule has 7 heteroatoms. The Kier molecular flexibility index (Phi) is 3.35. The van der Waals surface area contributed by atoms with Crippen LogP contribution in [0, 0.1) is 0 Å². The van der Waals surface area contributed by atoms with Crippen molar-refractivity contribution in [3.8, 4) is 0 Å². The van der Waals surface area contributed by atoms with E-state index in [1.54, 1.807) is 0 Å². The molecule has 0 N–H and O–H groups in total. The Bertz CT molecular complexity index is 742. The number of halogens is 2. The van der Waals surface area contributed by atoms with Crippen LogP contribution in [0.3, 0.4) is 0 Å². The first-order valence-electron chi connectivity index (χ1n) is 5.93. The van der Waals surface area contributed by atoms with Crippen molar-refractivity contribution in [1.29, 1.82) is 0 Å². The van der Waals surface area contributed by atoms with Gasteiger partial charge < -0.3 is 4.57 Å². The Balaban J connectivity index is 2.16. The van der Waals surface area contributed by atoms with Gasteiger partial charge in [-0.1, -0.05) is 15.9 Å². The maximum Gasteiger partial charge on any atom is 0.152 e. The largest absolute Gasteiger partial charge is 0.323 e. The molecule has 0 saturated carbocycles. The molecule has 0 spiro atoms. The molecule has 1 saturated heterocycles. The molecule has 2 heterocycles.